The number of carbonyl (C=O) groups excluding carboxylic acids is 1. The van der Waals surface area contributed by atoms with Crippen LogP contribution in [0, 0.1) is 5.82 Å². The van der Waals surface area contributed by atoms with Crippen LogP contribution in [0.15, 0.2) is 41.1 Å². The number of rotatable bonds is 6. The van der Waals surface area contributed by atoms with E-state index < -0.39 is 11.4 Å². The number of aromatic nitrogens is 2. The summed E-state index contributed by atoms with van der Waals surface area (Å²) in [6.45, 7) is 6.88. The lowest BCUT2D eigenvalue weighted by Gasteiger charge is -2.34. The van der Waals surface area contributed by atoms with Gasteiger partial charge in [0.25, 0.3) is 0 Å². The second-order valence-corrected chi connectivity index (χ2v) is 10.1. The van der Waals surface area contributed by atoms with Gasteiger partial charge in [0.15, 0.2) is 11.5 Å². The summed E-state index contributed by atoms with van der Waals surface area (Å²) in [5.74, 6) is 0.921. The fraction of sp³-hybridized carbons (Fsp3) is 0.400. The van der Waals surface area contributed by atoms with Crippen LogP contribution >= 0.6 is 15.9 Å². The molecule has 1 fully saturated rings. The Morgan fingerprint density at radius 1 is 1.25 bits per heavy atom. The van der Waals surface area contributed by atoms with Crippen molar-refractivity contribution in [1.29, 1.82) is 0 Å². The maximum absolute atomic E-state index is 14.4. The minimum absolute atomic E-state index is 0.196. The van der Waals surface area contributed by atoms with Crippen molar-refractivity contribution in [1.82, 2.24) is 14.9 Å². The van der Waals surface area contributed by atoms with Gasteiger partial charge < -0.3 is 29.2 Å². The Morgan fingerprint density at radius 3 is 2.78 bits per heavy atom. The van der Waals surface area contributed by atoms with Crippen molar-refractivity contribution < 1.29 is 28.1 Å². The Labute approximate surface area is 217 Å². The number of hydrogen-bond acceptors (Lipinski definition) is 8. The van der Waals surface area contributed by atoms with Crippen LogP contribution in [-0.4, -0.2) is 66.1 Å². The van der Waals surface area contributed by atoms with E-state index in [1.807, 2.05) is 20.8 Å². The fourth-order valence-electron chi connectivity index (χ4n) is 3.65. The lowest BCUT2D eigenvalue weighted by molar-refractivity contribution is -0.0558. The Morgan fingerprint density at radius 2 is 2.06 bits per heavy atom. The first-order chi connectivity index (χ1) is 17.1. The Hall–Kier alpha value is -3.18. The van der Waals surface area contributed by atoms with Gasteiger partial charge in [-0.1, -0.05) is 15.9 Å². The van der Waals surface area contributed by atoms with Gasteiger partial charge in [0.05, 0.1) is 31.5 Å². The van der Waals surface area contributed by atoms with Gasteiger partial charge in [-0.2, -0.15) is 0 Å². The van der Waals surface area contributed by atoms with Crippen molar-refractivity contribution in [2.75, 3.05) is 38.7 Å². The molecule has 1 saturated heterocycles. The van der Waals surface area contributed by atoms with E-state index in [0.29, 0.717) is 52.4 Å². The molecular formula is C25H28BrFN4O5. The van der Waals surface area contributed by atoms with Crippen LogP contribution in [0.5, 0.6) is 11.5 Å². The number of nitrogens with zero attached hydrogens (tertiary/aromatic N) is 3. The molecule has 1 aliphatic rings. The fourth-order valence-corrected chi connectivity index (χ4v) is 3.98. The number of nitrogens with one attached hydrogen (secondary N) is 1. The molecular weight excluding hydrogens is 535 g/mol. The van der Waals surface area contributed by atoms with E-state index in [-0.39, 0.29) is 24.5 Å². The van der Waals surface area contributed by atoms with Gasteiger partial charge in [-0.3, -0.25) is 0 Å². The summed E-state index contributed by atoms with van der Waals surface area (Å²) in [6.07, 6.45) is 0.674. The second kappa shape index (κ2) is 10.8. The number of fused-ring (bicyclic) bond motifs is 1. The standard InChI is InChI=1S/C25H28BrFN4O5/c1-25(2,3)36-24(32)31-7-8-34-16(12-31)13-35-22-11-20-17(10-21(22)33-4)23(29-14-28-20)30-19-6-5-15(26)9-18(19)27/h5-6,9-11,14,16H,7-8,12-13H2,1-4H3,(H,28,29,30). The van der Waals surface area contributed by atoms with E-state index >= 15 is 0 Å². The molecule has 0 aliphatic carbocycles. The number of methoxy groups -OCH3 is 1. The van der Waals surface area contributed by atoms with Crippen LogP contribution in [0.4, 0.5) is 20.7 Å². The molecule has 1 unspecified atom stereocenters. The van der Waals surface area contributed by atoms with Gasteiger partial charge >= 0.3 is 6.09 Å². The first-order valence-electron chi connectivity index (χ1n) is 11.4. The number of hydrogen-bond donors (Lipinski definition) is 1. The van der Waals surface area contributed by atoms with Gasteiger partial charge in [0, 0.05) is 22.5 Å². The third-order valence-electron chi connectivity index (χ3n) is 5.32. The van der Waals surface area contributed by atoms with Gasteiger partial charge in [-0.25, -0.2) is 19.2 Å². The topological polar surface area (TPSA) is 95.0 Å². The van der Waals surface area contributed by atoms with E-state index in [9.17, 15) is 9.18 Å². The lowest BCUT2D eigenvalue weighted by atomic mass is 10.2. The number of ether oxygens (including phenoxy) is 4. The third-order valence-corrected chi connectivity index (χ3v) is 5.81. The molecule has 0 saturated carbocycles. The van der Waals surface area contributed by atoms with Crippen molar-refractivity contribution in [3.05, 3.63) is 46.9 Å². The smallest absolute Gasteiger partial charge is 0.410 e. The molecule has 1 atom stereocenters. The number of carbonyl (C=O) groups is 1. The molecule has 1 aliphatic heterocycles. The quantitative estimate of drug-likeness (QED) is 0.432. The largest absolute Gasteiger partial charge is 0.493 e. The average molecular weight is 563 g/mol. The average Bonchev–Trinajstić information content (AvgIpc) is 2.83. The molecule has 4 rings (SSSR count). The maximum Gasteiger partial charge on any atom is 0.410 e. The molecule has 1 amide bonds. The third kappa shape index (κ3) is 6.33. The predicted octanol–water partition coefficient (Wildman–Crippen LogP) is 5.30. The molecule has 0 radical (unpaired) electrons. The lowest BCUT2D eigenvalue weighted by Crippen LogP contribution is -2.49. The summed E-state index contributed by atoms with van der Waals surface area (Å²) in [5, 5.41) is 3.65. The number of halogens is 2. The molecule has 192 valence electrons. The minimum Gasteiger partial charge on any atom is -0.493 e. The number of amides is 1. The number of benzene rings is 2. The van der Waals surface area contributed by atoms with Gasteiger partial charge in [-0.15, -0.1) is 0 Å². The van der Waals surface area contributed by atoms with Crippen LogP contribution in [-0.2, 0) is 9.47 Å². The molecule has 1 N–H and O–H groups in total. The number of morpholine rings is 1. The van der Waals surface area contributed by atoms with Crippen molar-refractivity contribution in [3.63, 3.8) is 0 Å². The van der Waals surface area contributed by atoms with E-state index in [2.05, 4.69) is 31.2 Å². The Bertz CT molecular complexity index is 1250. The van der Waals surface area contributed by atoms with Gasteiger partial charge in [0.2, 0.25) is 0 Å². The van der Waals surface area contributed by atoms with Crippen molar-refractivity contribution in [2.45, 2.75) is 32.5 Å². The van der Waals surface area contributed by atoms with Crippen LogP contribution in [0.1, 0.15) is 20.8 Å². The first kappa shape index (κ1) is 25.9. The van der Waals surface area contributed by atoms with Crippen LogP contribution in [0.2, 0.25) is 0 Å². The summed E-state index contributed by atoms with van der Waals surface area (Å²) in [4.78, 5) is 22.6. The van der Waals surface area contributed by atoms with Crippen LogP contribution in [0.3, 0.4) is 0 Å². The highest BCUT2D eigenvalue weighted by atomic mass is 79.9. The minimum atomic E-state index is -0.571. The highest BCUT2D eigenvalue weighted by Crippen LogP contribution is 2.35. The van der Waals surface area contributed by atoms with Gasteiger partial charge in [0.1, 0.15) is 36.3 Å². The zero-order valence-electron chi connectivity index (χ0n) is 20.5. The molecule has 3 aromatic rings. The highest BCUT2D eigenvalue weighted by Gasteiger charge is 2.28. The van der Waals surface area contributed by atoms with Gasteiger partial charge in [-0.05, 0) is 45.0 Å². The Balaban J connectivity index is 1.49. The van der Waals surface area contributed by atoms with E-state index in [4.69, 9.17) is 18.9 Å². The summed E-state index contributed by atoms with van der Waals surface area (Å²) in [5.41, 5.74) is 0.292. The van der Waals surface area contributed by atoms with E-state index in [0.717, 1.165) is 0 Å². The zero-order chi connectivity index (χ0) is 25.9. The van der Waals surface area contributed by atoms with E-state index in [1.165, 1.54) is 19.5 Å². The SMILES string of the molecule is COc1cc2c(Nc3ccc(Br)cc3F)ncnc2cc1OCC1CN(C(=O)OC(C)(C)C)CCO1. The summed E-state index contributed by atoms with van der Waals surface area (Å²) >= 11 is 3.26. The van der Waals surface area contributed by atoms with Crippen molar-refractivity contribution in [3.8, 4) is 11.5 Å². The number of anilines is 2. The zero-order valence-corrected chi connectivity index (χ0v) is 22.1. The molecule has 9 nitrogen and oxygen atoms in total. The molecule has 0 spiro atoms. The summed E-state index contributed by atoms with van der Waals surface area (Å²) in [7, 11) is 1.53. The maximum atomic E-state index is 14.4. The second-order valence-electron chi connectivity index (χ2n) is 9.22. The molecule has 36 heavy (non-hydrogen) atoms. The van der Waals surface area contributed by atoms with Crippen molar-refractivity contribution >= 4 is 44.4 Å². The highest BCUT2D eigenvalue weighted by molar-refractivity contribution is 9.10. The predicted molar refractivity (Wildman–Crippen MR) is 137 cm³/mol. The summed E-state index contributed by atoms with van der Waals surface area (Å²) < 4.78 is 37.8. The molecule has 2 aromatic carbocycles. The summed E-state index contributed by atoms with van der Waals surface area (Å²) in [6, 6.07) is 8.19. The molecule has 11 heteroatoms. The molecule has 0 bridgehead atoms. The van der Waals surface area contributed by atoms with Crippen LogP contribution in [0.25, 0.3) is 10.9 Å². The normalized spacial score (nSPS) is 16.1. The monoisotopic (exact) mass is 562 g/mol. The first-order valence-corrected chi connectivity index (χ1v) is 12.2. The van der Waals surface area contributed by atoms with Crippen LogP contribution < -0.4 is 14.8 Å². The molecule has 2 heterocycles. The molecule has 1 aromatic heterocycles. The van der Waals surface area contributed by atoms with E-state index in [1.54, 1.807) is 29.2 Å². The Kier molecular flexibility index (Phi) is 7.79. The van der Waals surface area contributed by atoms with Crippen molar-refractivity contribution in [2.24, 2.45) is 0 Å².